The third-order valence-electron chi connectivity index (χ3n) is 6.60. The smallest absolute Gasteiger partial charge is 0.248 e. The van der Waals surface area contributed by atoms with E-state index in [1.165, 1.54) is 17.7 Å². The second-order valence-electron chi connectivity index (χ2n) is 8.49. The van der Waals surface area contributed by atoms with Crippen molar-refractivity contribution in [3.05, 3.63) is 65.5 Å². The first-order valence-electron chi connectivity index (χ1n) is 10.7. The van der Waals surface area contributed by atoms with E-state index in [0.29, 0.717) is 36.8 Å². The van der Waals surface area contributed by atoms with Crippen LogP contribution in [-0.2, 0) is 11.3 Å². The van der Waals surface area contributed by atoms with Gasteiger partial charge in [0.25, 0.3) is 0 Å². The van der Waals surface area contributed by atoms with E-state index in [1.54, 1.807) is 23.1 Å². The summed E-state index contributed by atoms with van der Waals surface area (Å²) < 4.78 is 13.5. The number of phenolic OH excluding ortho intramolecular Hbond substituents is 1. The van der Waals surface area contributed by atoms with E-state index < -0.39 is 6.61 Å². The molecule has 2 fully saturated rings. The maximum atomic E-state index is 13.5. The number of benzene rings is 2. The fourth-order valence-corrected chi connectivity index (χ4v) is 5.17. The molecule has 2 saturated heterocycles. The summed E-state index contributed by atoms with van der Waals surface area (Å²) in [5, 5.41) is 19.2. The van der Waals surface area contributed by atoms with Crippen molar-refractivity contribution in [1.29, 1.82) is 0 Å². The molecule has 0 radical (unpaired) electrons. The molecule has 5 nitrogen and oxygen atoms in total. The molecule has 2 aromatic carbocycles. The summed E-state index contributed by atoms with van der Waals surface area (Å²) in [6.07, 6.45) is 4.41. The molecule has 2 aliphatic heterocycles. The Morgan fingerprint density at radius 2 is 1.83 bits per heavy atom. The summed E-state index contributed by atoms with van der Waals surface area (Å²) in [6, 6.07) is 14.8. The Kier molecular flexibility index (Phi) is 6.35. The number of aliphatic hydroxyl groups is 1. The van der Waals surface area contributed by atoms with Crippen LogP contribution in [0.15, 0.2) is 48.5 Å². The highest BCUT2D eigenvalue weighted by Gasteiger charge is 2.41. The molecule has 4 rings (SSSR count). The lowest BCUT2D eigenvalue weighted by Gasteiger charge is -2.40. The predicted molar refractivity (Wildman–Crippen MR) is 113 cm³/mol. The standard InChI is InChI=1S/C24H29FN2O3/c25-20-5-1-3-17(11-20)15-26(24(30)16-28)9-10-27-21-7-8-22(27)13-19(12-21)18-4-2-6-23(29)14-18/h1-6,11,14,19,21-22,28-29H,7-10,12-13,15-16H2/t19-,21+,22-. The van der Waals surface area contributed by atoms with E-state index in [-0.39, 0.29) is 11.7 Å². The molecule has 0 unspecified atom stereocenters. The first kappa shape index (κ1) is 20.8. The zero-order valence-corrected chi connectivity index (χ0v) is 17.1. The molecule has 2 aromatic rings. The number of rotatable bonds is 7. The quantitative estimate of drug-likeness (QED) is 0.733. The van der Waals surface area contributed by atoms with Crippen LogP contribution in [0.5, 0.6) is 5.75 Å². The van der Waals surface area contributed by atoms with Crippen LogP contribution in [0, 0.1) is 5.82 Å². The molecule has 2 N–H and O–H groups in total. The molecule has 0 aliphatic carbocycles. The molecular weight excluding hydrogens is 383 g/mol. The van der Waals surface area contributed by atoms with Gasteiger partial charge in [-0.1, -0.05) is 24.3 Å². The highest BCUT2D eigenvalue weighted by molar-refractivity contribution is 5.77. The summed E-state index contributed by atoms with van der Waals surface area (Å²) in [5.74, 6) is 0.114. The Bertz CT molecular complexity index is 876. The van der Waals surface area contributed by atoms with Gasteiger partial charge in [0.05, 0.1) is 0 Å². The van der Waals surface area contributed by atoms with Crippen molar-refractivity contribution in [3.8, 4) is 5.75 Å². The van der Waals surface area contributed by atoms with Gasteiger partial charge in [0.1, 0.15) is 18.2 Å². The average molecular weight is 413 g/mol. The molecule has 0 spiro atoms. The topological polar surface area (TPSA) is 64.0 Å². The van der Waals surface area contributed by atoms with Crippen LogP contribution < -0.4 is 0 Å². The zero-order chi connectivity index (χ0) is 21.1. The normalized spacial score (nSPS) is 23.5. The van der Waals surface area contributed by atoms with E-state index in [0.717, 1.165) is 37.8 Å². The number of phenols is 1. The number of aliphatic hydroxyl groups excluding tert-OH is 1. The fraction of sp³-hybridized carbons (Fsp3) is 0.458. The van der Waals surface area contributed by atoms with Crippen molar-refractivity contribution >= 4 is 5.91 Å². The minimum atomic E-state index is -0.540. The first-order valence-corrected chi connectivity index (χ1v) is 10.7. The van der Waals surface area contributed by atoms with Gasteiger partial charge in [-0.25, -0.2) is 4.39 Å². The van der Waals surface area contributed by atoms with Gasteiger partial charge in [-0.15, -0.1) is 0 Å². The number of halogens is 1. The van der Waals surface area contributed by atoms with E-state index in [1.807, 2.05) is 12.1 Å². The minimum Gasteiger partial charge on any atom is -0.508 e. The highest BCUT2D eigenvalue weighted by atomic mass is 19.1. The number of piperidine rings is 1. The van der Waals surface area contributed by atoms with E-state index in [9.17, 15) is 19.4 Å². The lowest BCUT2D eigenvalue weighted by atomic mass is 9.85. The predicted octanol–water partition coefficient (Wildman–Crippen LogP) is 3.26. The van der Waals surface area contributed by atoms with Crippen LogP contribution in [0.25, 0.3) is 0 Å². The summed E-state index contributed by atoms with van der Waals surface area (Å²) in [7, 11) is 0. The Balaban J connectivity index is 1.39. The molecule has 160 valence electrons. The van der Waals surface area contributed by atoms with Crippen molar-refractivity contribution < 1.29 is 19.4 Å². The van der Waals surface area contributed by atoms with Crippen molar-refractivity contribution in [1.82, 2.24) is 9.80 Å². The second-order valence-corrected chi connectivity index (χ2v) is 8.49. The largest absolute Gasteiger partial charge is 0.508 e. The third-order valence-corrected chi connectivity index (χ3v) is 6.60. The number of carbonyl (C=O) groups is 1. The number of amides is 1. The molecule has 0 saturated carbocycles. The van der Waals surface area contributed by atoms with Gasteiger partial charge in [-0.2, -0.15) is 0 Å². The Hall–Kier alpha value is -2.44. The van der Waals surface area contributed by atoms with E-state index >= 15 is 0 Å². The average Bonchev–Trinajstić information content (AvgIpc) is 2.97. The second kappa shape index (κ2) is 9.14. The third kappa shape index (κ3) is 4.65. The van der Waals surface area contributed by atoms with Crippen LogP contribution >= 0.6 is 0 Å². The van der Waals surface area contributed by atoms with Crippen LogP contribution in [0.2, 0.25) is 0 Å². The summed E-state index contributed by atoms with van der Waals surface area (Å²) in [5.41, 5.74) is 1.93. The Morgan fingerprint density at radius 3 is 2.50 bits per heavy atom. The lowest BCUT2D eigenvalue weighted by molar-refractivity contribution is -0.135. The SMILES string of the molecule is O=C(CO)N(CCN1[C@@H]2CC[C@H]1C[C@@H](c1cccc(O)c1)C2)Cc1cccc(F)c1. The van der Waals surface area contributed by atoms with Gasteiger partial charge in [0, 0.05) is 31.7 Å². The number of carbonyl (C=O) groups excluding carboxylic acids is 1. The molecule has 2 aliphatic rings. The number of nitrogens with zero attached hydrogens (tertiary/aromatic N) is 2. The van der Waals surface area contributed by atoms with Gasteiger partial charge in [0.15, 0.2) is 0 Å². The van der Waals surface area contributed by atoms with Crippen molar-refractivity contribution in [3.63, 3.8) is 0 Å². The first-order chi connectivity index (χ1) is 14.5. The fourth-order valence-electron chi connectivity index (χ4n) is 5.17. The number of hydrogen-bond donors (Lipinski definition) is 2. The molecular formula is C24H29FN2O3. The van der Waals surface area contributed by atoms with Gasteiger partial charge in [-0.3, -0.25) is 9.69 Å². The lowest BCUT2D eigenvalue weighted by Crippen LogP contribution is -2.47. The highest BCUT2D eigenvalue weighted by Crippen LogP contribution is 2.43. The molecule has 0 aromatic heterocycles. The molecule has 2 bridgehead atoms. The van der Waals surface area contributed by atoms with Gasteiger partial charge in [0.2, 0.25) is 5.91 Å². The van der Waals surface area contributed by atoms with Crippen LogP contribution in [0.1, 0.15) is 42.7 Å². The van der Waals surface area contributed by atoms with E-state index in [4.69, 9.17) is 0 Å². The summed E-state index contributed by atoms with van der Waals surface area (Å²) in [6.45, 7) is 1.02. The maximum absolute atomic E-state index is 13.5. The number of fused-ring (bicyclic) bond motifs is 2. The summed E-state index contributed by atoms with van der Waals surface area (Å²) in [4.78, 5) is 16.4. The van der Waals surface area contributed by atoms with Crippen LogP contribution in [0.4, 0.5) is 4.39 Å². The zero-order valence-electron chi connectivity index (χ0n) is 17.1. The van der Waals surface area contributed by atoms with Crippen molar-refractivity contribution in [2.75, 3.05) is 19.7 Å². The van der Waals surface area contributed by atoms with E-state index in [2.05, 4.69) is 11.0 Å². The molecule has 3 atom stereocenters. The van der Waals surface area contributed by atoms with Gasteiger partial charge < -0.3 is 15.1 Å². The molecule has 1 amide bonds. The van der Waals surface area contributed by atoms with Crippen LogP contribution in [0.3, 0.4) is 0 Å². The van der Waals surface area contributed by atoms with Crippen LogP contribution in [-0.4, -0.2) is 57.7 Å². The number of aromatic hydroxyl groups is 1. The minimum absolute atomic E-state index is 0.298. The summed E-state index contributed by atoms with van der Waals surface area (Å²) >= 11 is 0. The molecule has 2 heterocycles. The Morgan fingerprint density at radius 1 is 1.10 bits per heavy atom. The van der Waals surface area contributed by atoms with Gasteiger partial charge >= 0.3 is 0 Å². The maximum Gasteiger partial charge on any atom is 0.248 e. The number of hydrogen-bond acceptors (Lipinski definition) is 4. The molecule has 30 heavy (non-hydrogen) atoms. The monoisotopic (exact) mass is 412 g/mol. The van der Waals surface area contributed by atoms with Crippen molar-refractivity contribution in [2.24, 2.45) is 0 Å². The van der Waals surface area contributed by atoms with Gasteiger partial charge in [-0.05, 0) is 67.0 Å². The Labute approximate surface area is 176 Å². The van der Waals surface area contributed by atoms with Crippen molar-refractivity contribution in [2.45, 2.75) is 50.2 Å². The molecule has 6 heteroatoms.